The maximum absolute atomic E-state index is 12.7. The van der Waals surface area contributed by atoms with Crippen LogP contribution in [0.3, 0.4) is 0 Å². The Balaban J connectivity index is 1.42. The van der Waals surface area contributed by atoms with Crippen molar-refractivity contribution in [2.75, 3.05) is 5.32 Å². The molecule has 1 heterocycles. The smallest absolute Gasteiger partial charge is 0.253 e. The van der Waals surface area contributed by atoms with Gasteiger partial charge in [0.2, 0.25) is 5.91 Å². The lowest BCUT2D eigenvalue weighted by atomic mass is 9.95. The molecule has 28 heavy (non-hydrogen) atoms. The van der Waals surface area contributed by atoms with Crippen LogP contribution in [0.15, 0.2) is 47.4 Å². The number of amides is 2. The summed E-state index contributed by atoms with van der Waals surface area (Å²) in [5.74, 6) is -0.224. The van der Waals surface area contributed by atoms with Gasteiger partial charge in [-0.1, -0.05) is 49.1 Å². The molecule has 146 valence electrons. The highest BCUT2D eigenvalue weighted by molar-refractivity contribution is 8.01. The second-order valence-electron chi connectivity index (χ2n) is 7.41. The molecule has 4 rings (SSSR count). The molecule has 1 aliphatic heterocycles. The number of halogens is 1. The van der Waals surface area contributed by atoms with Gasteiger partial charge in [-0.15, -0.1) is 11.8 Å². The van der Waals surface area contributed by atoms with E-state index in [-0.39, 0.29) is 23.1 Å². The van der Waals surface area contributed by atoms with Crippen LogP contribution in [-0.4, -0.2) is 23.1 Å². The number of hydrogen-bond acceptors (Lipinski definition) is 3. The van der Waals surface area contributed by atoms with Crippen LogP contribution < -0.4 is 10.6 Å². The number of carbonyl (C=O) groups is 2. The third-order valence-corrected chi connectivity index (χ3v) is 7.01. The fourth-order valence-electron chi connectivity index (χ4n) is 3.84. The zero-order valence-electron chi connectivity index (χ0n) is 15.5. The molecular weight excluding hydrogens is 392 g/mol. The van der Waals surface area contributed by atoms with E-state index < -0.39 is 0 Å². The molecule has 2 N–H and O–H groups in total. The Labute approximate surface area is 174 Å². The van der Waals surface area contributed by atoms with Gasteiger partial charge in [0.05, 0.1) is 15.8 Å². The number of carbonyl (C=O) groups excluding carboxylic acids is 2. The van der Waals surface area contributed by atoms with E-state index >= 15 is 0 Å². The van der Waals surface area contributed by atoms with Gasteiger partial charge in [-0.2, -0.15) is 0 Å². The van der Waals surface area contributed by atoms with E-state index in [0.717, 1.165) is 37.0 Å². The number of thioether (sulfide) groups is 1. The van der Waals surface area contributed by atoms with Crippen molar-refractivity contribution in [3.8, 4) is 0 Å². The van der Waals surface area contributed by atoms with Gasteiger partial charge in [-0.3, -0.25) is 9.59 Å². The van der Waals surface area contributed by atoms with Crippen molar-refractivity contribution in [1.82, 2.24) is 5.32 Å². The predicted molar refractivity (Wildman–Crippen MR) is 114 cm³/mol. The normalized spacial score (nSPS) is 19.1. The zero-order valence-corrected chi connectivity index (χ0v) is 17.1. The highest BCUT2D eigenvalue weighted by Crippen LogP contribution is 2.37. The molecule has 0 bridgehead atoms. The molecular formula is C22H23ClN2O2S. The molecule has 2 aromatic carbocycles. The summed E-state index contributed by atoms with van der Waals surface area (Å²) in [6, 6.07) is 13.4. The minimum atomic E-state index is -0.171. The van der Waals surface area contributed by atoms with Gasteiger partial charge < -0.3 is 10.6 Å². The van der Waals surface area contributed by atoms with Crippen LogP contribution in [0, 0.1) is 0 Å². The largest absolute Gasteiger partial charge is 0.349 e. The molecule has 2 aliphatic rings. The van der Waals surface area contributed by atoms with Crippen molar-refractivity contribution in [3.63, 3.8) is 0 Å². The van der Waals surface area contributed by atoms with Crippen molar-refractivity contribution in [1.29, 1.82) is 0 Å². The Bertz CT molecular complexity index is 871. The minimum absolute atomic E-state index is 0.0536. The maximum Gasteiger partial charge on any atom is 0.253 e. The molecule has 2 amide bonds. The van der Waals surface area contributed by atoms with Gasteiger partial charge in [-0.05, 0) is 49.1 Å². The Morgan fingerprint density at radius 3 is 2.61 bits per heavy atom. The minimum Gasteiger partial charge on any atom is -0.349 e. The van der Waals surface area contributed by atoms with Crippen LogP contribution in [-0.2, 0) is 11.2 Å². The van der Waals surface area contributed by atoms with Crippen molar-refractivity contribution in [3.05, 3.63) is 58.6 Å². The zero-order chi connectivity index (χ0) is 19.5. The highest BCUT2D eigenvalue weighted by atomic mass is 35.5. The number of fused-ring (bicyclic) bond motifs is 1. The van der Waals surface area contributed by atoms with Gasteiger partial charge in [0.25, 0.3) is 5.91 Å². The summed E-state index contributed by atoms with van der Waals surface area (Å²) >= 11 is 7.84. The average Bonchev–Trinajstić information content (AvgIpc) is 3.14. The monoisotopic (exact) mass is 414 g/mol. The van der Waals surface area contributed by atoms with E-state index in [0.29, 0.717) is 16.3 Å². The van der Waals surface area contributed by atoms with Crippen molar-refractivity contribution < 1.29 is 9.59 Å². The molecule has 1 aliphatic carbocycles. The van der Waals surface area contributed by atoms with Crippen LogP contribution in [0.4, 0.5) is 5.69 Å². The highest BCUT2D eigenvalue weighted by Gasteiger charge is 2.28. The summed E-state index contributed by atoms with van der Waals surface area (Å²) in [7, 11) is 0. The first-order valence-electron chi connectivity index (χ1n) is 9.76. The summed E-state index contributed by atoms with van der Waals surface area (Å²) in [6.07, 6.45) is 6.28. The molecule has 1 fully saturated rings. The van der Waals surface area contributed by atoms with Gasteiger partial charge in [-0.25, -0.2) is 0 Å². The third-order valence-electron chi connectivity index (χ3n) is 5.36. The lowest BCUT2D eigenvalue weighted by Gasteiger charge is -2.23. The Morgan fingerprint density at radius 2 is 1.82 bits per heavy atom. The fraction of sp³-hybridized carbons (Fsp3) is 0.364. The number of rotatable bonds is 4. The quantitative estimate of drug-likeness (QED) is 0.735. The van der Waals surface area contributed by atoms with Crippen molar-refractivity contribution in [2.24, 2.45) is 0 Å². The van der Waals surface area contributed by atoms with E-state index in [1.54, 1.807) is 30.0 Å². The topological polar surface area (TPSA) is 58.2 Å². The van der Waals surface area contributed by atoms with Crippen LogP contribution in [0.1, 0.15) is 48.0 Å². The summed E-state index contributed by atoms with van der Waals surface area (Å²) in [5.41, 5.74) is 2.21. The van der Waals surface area contributed by atoms with Gasteiger partial charge in [0.1, 0.15) is 0 Å². The van der Waals surface area contributed by atoms with Crippen LogP contribution in [0.5, 0.6) is 0 Å². The Kier molecular flexibility index (Phi) is 5.93. The van der Waals surface area contributed by atoms with Gasteiger partial charge in [0, 0.05) is 16.6 Å². The van der Waals surface area contributed by atoms with Gasteiger partial charge in [0.15, 0.2) is 0 Å². The molecule has 0 saturated heterocycles. The molecule has 1 saturated carbocycles. The molecule has 2 aromatic rings. The molecule has 1 unspecified atom stereocenters. The molecule has 4 nitrogen and oxygen atoms in total. The standard InChI is InChI=1S/C22H23ClN2O2S/c23-18-11-10-16(13-17(18)21(26)24-15-7-2-1-3-8-15)25-22(27)20-12-14-6-4-5-9-19(14)28-20/h4-6,9-11,13,15,20H,1-3,7-8,12H2,(H,24,26)(H,25,27). The number of hydrogen-bond donors (Lipinski definition) is 2. The molecule has 1 atom stereocenters. The molecule has 0 aromatic heterocycles. The number of nitrogens with one attached hydrogen (secondary N) is 2. The third kappa shape index (κ3) is 4.36. The lowest BCUT2D eigenvalue weighted by Crippen LogP contribution is -2.36. The summed E-state index contributed by atoms with van der Waals surface area (Å²) in [6.45, 7) is 0. The second-order valence-corrected chi connectivity index (χ2v) is 9.06. The lowest BCUT2D eigenvalue weighted by molar-refractivity contribution is -0.115. The van der Waals surface area contributed by atoms with E-state index in [4.69, 9.17) is 11.6 Å². The maximum atomic E-state index is 12.7. The molecule has 0 spiro atoms. The van der Waals surface area contributed by atoms with E-state index in [9.17, 15) is 9.59 Å². The average molecular weight is 415 g/mol. The van der Waals surface area contributed by atoms with E-state index in [1.165, 1.54) is 12.0 Å². The van der Waals surface area contributed by atoms with Crippen LogP contribution in [0.2, 0.25) is 5.02 Å². The van der Waals surface area contributed by atoms with E-state index in [2.05, 4.69) is 16.7 Å². The predicted octanol–water partition coefficient (Wildman–Crippen LogP) is 5.06. The van der Waals surface area contributed by atoms with Crippen molar-refractivity contribution in [2.45, 2.75) is 54.7 Å². The fourth-order valence-corrected chi connectivity index (χ4v) is 5.24. The first-order chi connectivity index (χ1) is 13.6. The van der Waals surface area contributed by atoms with Crippen LogP contribution >= 0.6 is 23.4 Å². The number of anilines is 1. The number of benzene rings is 2. The van der Waals surface area contributed by atoms with E-state index in [1.807, 2.05) is 18.2 Å². The van der Waals surface area contributed by atoms with Crippen molar-refractivity contribution >= 4 is 40.9 Å². The van der Waals surface area contributed by atoms with Gasteiger partial charge >= 0.3 is 0 Å². The molecule has 0 radical (unpaired) electrons. The SMILES string of the molecule is O=C(NC1CCCCC1)c1cc(NC(=O)C2Cc3ccccc3S2)ccc1Cl. The summed E-state index contributed by atoms with van der Waals surface area (Å²) in [5, 5.41) is 6.27. The summed E-state index contributed by atoms with van der Waals surface area (Å²) in [4.78, 5) is 26.5. The second kappa shape index (κ2) is 8.58. The summed E-state index contributed by atoms with van der Waals surface area (Å²) < 4.78 is 0. The first-order valence-corrected chi connectivity index (χ1v) is 11.0. The Morgan fingerprint density at radius 1 is 1.04 bits per heavy atom. The first kappa shape index (κ1) is 19.3. The Hall–Kier alpha value is -1.98. The molecule has 6 heteroatoms. The van der Waals surface area contributed by atoms with Crippen LogP contribution in [0.25, 0.3) is 0 Å².